The number of benzene rings is 2. The van der Waals surface area contributed by atoms with Gasteiger partial charge in [0.2, 0.25) is 0 Å². The Morgan fingerprint density at radius 1 is 1.21 bits per heavy atom. The zero-order valence-corrected chi connectivity index (χ0v) is 17.8. The Bertz CT molecular complexity index is 895. The molecular weight excluding hydrogens is 442 g/mol. The summed E-state index contributed by atoms with van der Waals surface area (Å²) in [5.74, 6) is 0.202. The number of nitrogens with one attached hydrogen (secondary N) is 1. The maximum Gasteiger partial charge on any atom is 0.292 e. The first-order valence-electron chi connectivity index (χ1n) is 9.13. The molecule has 1 N–H and O–H groups in total. The number of halogens is 1. The number of morpholine rings is 1. The average molecular weight is 464 g/mol. The topological polar surface area (TPSA) is 93.9 Å². The van der Waals surface area contributed by atoms with Gasteiger partial charge < -0.3 is 19.7 Å². The summed E-state index contributed by atoms with van der Waals surface area (Å²) in [7, 11) is 0. The SMILES string of the molecule is CC(C)(Oc1ccc(Br)cc1)C(=O)Nc1ccc([N+](=O)[O-])c(N2CCOCC2)c1. The van der Waals surface area contributed by atoms with Crippen LogP contribution in [0.5, 0.6) is 5.75 Å². The third kappa shape index (κ3) is 5.24. The molecule has 8 nitrogen and oxygen atoms in total. The second-order valence-corrected chi connectivity index (χ2v) is 8.00. The number of ether oxygens (including phenoxy) is 2. The van der Waals surface area contributed by atoms with Crippen LogP contribution in [0, 0.1) is 10.1 Å². The summed E-state index contributed by atoms with van der Waals surface area (Å²) in [5, 5.41) is 14.2. The van der Waals surface area contributed by atoms with Crippen molar-refractivity contribution in [1.29, 1.82) is 0 Å². The van der Waals surface area contributed by atoms with E-state index < -0.39 is 10.5 Å². The van der Waals surface area contributed by atoms with E-state index in [-0.39, 0.29) is 11.6 Å². The van der Waals surface area contributed by atoms with Gasteiger partial charge in [0.1, 0.15) is 11.4 Å². The quantitative estimate of drug-likeness (QED) is 0.513. The van der Waals surface area contributed by atoms with Crippen molar-refractivity contribution in [3.8, 4) is 5.75 Å². The molecular formula is C20H22BrN3O5. The van der Waals surface area contributed by atoms with Crippen LogP contribution in [0.4, 0.5) is 17.1 Å². The van der Waals surface area contributed by atoms with Crippen molar-refractivity contribution in [3.05, 3.63) is 57.1 Å². The molecule has 1 aliphatic rings. The molecule has 1 heterocycles. The average Bonchev–Trinajstić information content (AvgIpc) is 2.70. The molecule has 0 aromatic heterocycles. The molecule has 0 atom stereocenters. The molecule has 0 unspecified atom stereocenters. The summed E-state index contributed by atoms with van der Waals surface area (Å²) in [6, 6.07) is 11.7. The molecule has 0 saturated carbocycles. The van der Waals surface area contributed by atoms with Gasteiger partial charge in [0.15, 0.2) is 5.60 Å². The predicted molar refractivity (Wildman–Crippen MR) is 114 cm³/mol. The Labute approximate surface area is 177 Å². The van der Waals surface area contributed by atoms with Crippen LogP contribution >= 0.6 is 15.9 Å². The van der Waals surface area contributed by atoms with E-state index in [1.165, 1.54) is 12.1 Å². The van der Waals surface area contributed by atoms with Crippen molar-refractivity contribution < 1.29 is 19.2 Å². The largest absolute Gasteiger partial charge is 0.478 e. The van der Waals surface area contributed by atoms with E-state index in [0.29, 0.717) is 43.4 Å². The maximum absolute atomic E-state index is 12.8. The maximum atomic E-state index is 12.8. The summed E-state index contributed by atoms with van der Waals surface area (Å²) < 4.78 is 12.1. The van der Waals surface area contributed by atoms with E-state index in [1.54, 1.807) is 32.0 Å². The minimum absolute atomic E-state index is 0.00438. The third-order valence-electron chi connectivity index (χ3n) is 4.52. The Kier molecular flexibility index (Phi) is 6.39. The van der Waals surface area contributed by atoms with Gasteiger partial charge in [0, 0.05) is 29.3 Å². The first-order chi connectivity index (χ1) is 13.8. The van der Waals surface area contributed by atoms with Crippen molar-refractivity contribution in [3.63, 3.8) is 0 Å². The summed E-state index contributed by atoms with van der Waals surface area (Å²) in [4.78, 5) is 25.7. The van der Waals surface area contributed by atoms with Crippen LogP contribution in [-0.4, -0.2) is 42.7 Å². The summed E-state index contributed by atoms with van der Waals surface area (Å²) in [5.41, 5.74) is -0.220. The molecule has 1 aliphatic heterocycles. The highest BCUT2D eigenvalue weighted by Gasteiger charge is 2.31. The van der Waals surface area contributed by atoms with Crippen LogP contribution in [0.25, 0.3) is 0 Å². The van der Waals surface area contributed by atoms with Gasteiger partial charge in [-0.05, 0) is 50.2 Å². The number of nitrogens with zero attached hydrogens (tertiary/aromatic N) is 2. The molecule has 3 rings (SSSR count). The van der Waals surface area contributed by atoms with Crippen molar-refractivity contribution in [2.45, 2.75) is 19.4 Å². The molecule has 0 aliphatic carbocycles. The second kappa shape index (κ2) is 8.79. The lowest BCUT2D eigenvalue weighted by Gasteiger charge is -2.29. The van der Waals surface area contributed by atoms with Crippen LogP contribution in [0.1, 0.15) is 13.8 Å². The number of hydrogen-bond acceptors (Lipinski definition) is 6. The fourth-order valence-electron chi connectivity index (χ4n) is 2.94. The molecule has 1 fully saturated rings. The van der Waals surface area contributed by atoms with Crippen LogP contribution < -0.4 is 15.0 Å². The smallest absolute Gasteiger partial charge is 0.292 e. The molecule has 1 amide bonds. The number of carbonyl (C=O) groups is 1. The third-order valence-corrected chi connectivity index (χ3v) is 5.04. The molecule has 154 valence electrons. The highest BCUT2D eigenvalue weighted by molar-refractivity contribution is 9.10. The molecule has 29 heavy (non-hydrogen) atoms. The monoisotopic (exact) mass is 463 g/mol. The molecule has 1 saturated heterocycles. The van der Waals surface area contributed by atoms with Gasteiger partial charge in [-0.15, -0.1) is 0 Å². The van der Waals surface area contributed by atoms with E-state index in [9.17, 15) is 14.9 Å². The highest BCUT2D eigenvalue weighted by Crippen LogP contribution is 2.32. The van der Waals surface area contributed by atoms with Gasteiger partial charge in [0.25, 0.3) is 11.6 Å². The number of nitro groups is 1. The summed E-state index contributed by atoms with van der Waals surface area (Å²) >= 11 is 3.36. The van der Waals surface area contributed by atoms with Gasteiger partial charge >= 0.3 is 0 Å². The lowest BCUT2D eigenvalue weighted by molar-refractivity contribution is -0.384. The van der Waals surface area contributed by atoms with E-state index in [2.05, 4.69) is 21.2 Å². The van der Waals surface area contributed by atoms with Gasteiger partial charge in [-0.2, -0.15) is 0 Å². The van der Waals surface area contributed by atoms with Gasteiger partial charge in [-0.25, -0.2) is 0 Å². The normalized spacial score (nSPS) is 14.4. The van der Waals surface area contributed by atoms with E-state index in [0.717, 1.165) is 4.47 Å². The molecule has 0 radical (unpaired) electrons. The first-order valence-corrected chi connectivity index (χ1v) is 9.93. The minimum atomic E-state index is -1.14. The predicted octanol–water partition coefficient (Wildman–Crippen LogP) is 3.99. The van der Waals surface area contributed by atoms with Gasteiger partial charge in [-0.1, -0.05) is 15.9 Å². The van der Waals surface area contributed by atoms with Crippen LogP contribution in [0.2, 0.25) is 0 Å². The number of amides is 1. The molecule has 9 heteroatoms. The number of rotatable bonds is 6. The van der Waals surface area contributed by atoms with E-state index in [1.807, 2.05) is 17.0 Å². The van der Waals surface area contributed by atoms with Crippen molar-refractivity contribution in [2.24, 2.45) is 0 Å². The zero-order valence-electron chi connectivity index (χ0n) is 16.2. The Morgan fingerprint density at radius 2 is 1.86 bits per heavy atom. The van der Waals surface area contributed by atoms with Gasteiger partial charge in [-0.3, -0.25) is 14.9 Å². The first kappa shape index (κ1) is 21.1. The highest BCUT2D eigenvalue weighted by atomic mass is 79.9. The number of nitro benzene ring substituents is 1. The second-order valence-electron chi connectivity index (χ2n) is 7.08. The van der Waals surface area contributed by atoms with Gasteiger partial charge in [0.05, 0.1) is 18.1 Å². The van der Waals surface area contributed by atoms with Crippen molar-refractivity contribution >= 4 is 38.9 Å². The molecule has 2 aromatic carbocycles. The molecule has 2 aromatic rings. The van der Waals surface area contributed by atoms with Crippen LogP contribution in [-0.2, 0) is 9.53 Å². The van der Waals surface area contributed by atoms with Crippen LogP contribution in [0.3, 0.4) is 0 Å². The van der Waals surface area contributed by atoms with Crippen molar-refractivity contribution in [2.75, 3.05) is 36.5 Å². The number of anilines is 2. The van der Waals surface area contributed by atoms with E-state index in [4.69, 9.17) is 9.47 Å². The minimum Gasteiger partial charge on any atom is -0.478 e. The fraction of sp³-hybridized carbons (Fsp3) is 0.350. The van der Waals surface area contributed by atoms with Crippen LogP contribution in [0.15, 0.2) is 46.9 Å². The Morgan fingerprint density at radius 3 is 2.48 bits per heavy atom. The molecule has 0 spiro atoms. The summed E-state index contributed by atoms with van der Waals surface area (Å²) in [6.07, 6.45) is 0. The number of carbonyl (C=O) groups excluding carboxylic acids is 1. The Hall–Kier alpha value is -2.65. The standard InChI is InChI=1S/C20H22BrN3O5/c1-20(2,29-16-6-3-14(21)4-7-16)19(25)22-15-5-8-17(24(26)27)18(13-15)23-9-11-28-12-10-23/h3-8,13H,9-12H2,1-2H3,(H,22,25). The fourth-order valence-corrected chi connectivity index (χ4v) is 3.20. The Balaban J connectivity index is 1.78. The van der Waals surface area contributed by atoms with E-state index >= 15 is 0 Å². The zero-order chi connectivity index (χ0) is 21.0. The number of hydrogen-bond donors (Lipinski definition) is 1. The lowest BCUT2D eigenvalue weighted by atomic mass is 10.1. The summed E-state index contributed by atoms with van der Waals surface area (Å²) in [6.45, 7) is 5.44. The molecule has 0 bridgehead atoms. The lowest BCUT2D eigenvalue weighted by Crippen LogP contribution is -2.42. The van der Waals surface area contributed by atoms with Crippen molar-refractivity contribution in [1.82, 2.24) is 0 Å².